The van der Waals surface area contributed by atoms with Gasteiger partial charge in [-0.3, -0.25) is 0 Å². The van der Waals surface area contributed by atoms with Crippen molar-refractivity contribution in [3.05, 3.63) is 70.5 Å². The van der Waals surface area contributed by atoms with Crippen molar-refractivity contribution in [3.8, 4) is 23.0 Å². The number of rotatable bonds is 8. The Morgan fingerprint density at radius 3 is 2.40 bits per heavy atom. The highest BCUT2D eigenvalue weighted by molar-refractivity contribution is 7.99. The van der Waals surface area contributed by atoms with E-state index in [-0.39, 0.29) is 11.1 Å². The Morgan fingerprint density at radius 1 is 1.03 bits per heavy atom. The molecule has 1 heterocycles. The molecule has 1 aliphatic heterocycles. The first-order valence-electron chi connectivity index (χ1n) is 11.4. The van der Waals surface area contributed by atoms with E-state index < -0.39 is 0 Å². The lowest BCUT2D eigenvalue weighted by atomic mass is 10.1. The molecular weight excluding hydrogens is 489 g/mol. The van der Waals surface area contributed by atoms with Gasteiger partial charge in [0.05, 0.1) is 33.6 Å². The molecule has 3 aromatic carbocycles. The molecule has 0 saturated heterocycles. The van der Waals surface area contributed by atoms with Gasteiger partial charge in [-0.05, 0) is 61.4 Å². The summed E-state index contributed by atoms with van der Waals surface area (Å²) in [4.78, 5) is 3.24. The Morgan fingerprint density at radius 2 is 1.77 bits per heavy atom. The van der Waals surface area contributed by atoms with Gasteiger partial charge in [-0.25, -0.2) is 4.39 Å². The number of halogens is 2. The molecule has 0 fully saturated rings. The molecule has 3 aromatic rings. The van der Waals surface area contributed by atoms with Crippen molar-refractivity contribution < 1.29 is 23.3 Å². The number of benzene rings is 3. The molecule has 5 nitrogen and oxygen atoms in total. The number of methoxy groups -OCH3 is 3. The van der Waals surface area contributed by atoms with Crippen LogP contribution in [0, 0.1) is 5.82 Å². The minimum absolute atomic E-state index is 0.0976. The third-order valence-corrected chi connectivity index (χ3v) is 7.71. The molecule has 8 heteroatoms. The maximum absolute atomic E-state index is 14.7. The number of hydrogen-bond donors (Lipinski definition) is 0. The monoisotopic (exact) mass is 517 g/mol. The van der Waals surface area contributed by atoms with Crippen LogP contribution in [0.2, 0.25) is 5.02 Å². The molecule has 0 spiro atoms. The van der Waals surface area contributed by atoms with Gasteiger partial charge in [-0.15, -0.1) is 11.8 Å². The van der Waals surface area contributed by atoms with Gasteiger partial charge in [0.15, 0.2) is 11.5 Å². The van der Waals surface area contributed by atoms with Gasteiger partial charge >= 0.3 is 0 Å². The second-order valence-corrected chi connectivity index (χ2v) is 9.69. The lowest BCUT2D eigenvalue weighted by Gasteiger charge is -2.25. The first kappa shape index (κ1) is 25.3. The number of ether oxygens (including phenoxy) is 4. The topological polar surface area (TPSA) is 40.2 Å². The quantitative estimate of drug-likeness (QED) is 0.316. The summed E-state index contributed by atoms with van der Waals surface area (Å²) >= 11 is 8.12. The summed E-state index contributed by atoms with van der Waals surface area (Å²) in [5.41, 5.74) is 2.57. The number of fused-ring (bicyclic) bond motifs is 1. The van der Waals surface area contributed by atoms with Crippen LogP contribution in [-0.2, 0) is 6.54 Å². The summed E-state index contributed by atoms with van der Waals surface area (Å²) in [7, 11) is 4.83. The van der Waals surface area contributed by atoms with Crippen LogP contribution in [0.3, 0.4) is 0 Å². The molecule has 0 N–H and O–H groups in total. The zero-order valence-electron chi connectivity index (χ0n) is 20.3. The van der Waals surface area contributed by atoms with E-state index in [2.05, 4.69) is 11.0 Å². The summed E-state index contributed by atoms with van der Waals surface area (Å²) in [6, 6.07) is 14.8. The second-order valence-electron chi connectivity index (χ2n) is 8.04. The Labute approximate surface area is 215 Å². The smallest absolute Gasteiger partial charge is 0.203 e. The van der Waals surface area contributed by atoms with Crippen LogP contribution in [-0.4, -0.2) is 34.5 Å². The van der Waals surface area contributed by atoms with Gasteiger partial charge in [0.2, 0.25) is 5.75 Å². The first-order chi connectivity index (χ1) is 17.0. The average molecular weight is 518 g/mol. The van der Waals surface area contributed by atoms with Crippen molar-refractivity contribution >= 4 is 29.1 Å². The van der Waals surface area contributed by atoms with Gasteiger partial charge in [0.25, 0.3) is 0 Å². The molecule has 35 heavy (non-hydrogen) atoms. The summed E-state index contributed by atoms with van der Waals surface area (Å²) in [6.45, 7) is 3.62. The minimum atomic E-state index is -0.303. The van der Waals surface area contributed by atoms with E-state index in [1.807, 2.05) is 31.2 Å². The third kappa shape index (κ3) is 5.41. The Bertz CT molecular complexity index is 1150. The highest BCUT2D eigenvalue weighted by Crippen LogP contribution is 2.50. The van der Waals surface area contributed by atoms with Crippen molar-refractivity contribution in [3.63, 3.8) is 0 Å². The van der Waals surface area contributed by atoms with Gasteiger partial charge in [0, 0.05) is 33.8 Å². The van der Waals surface area contributed by atoms with Crippen LogP contribution < -0.4 is 23.8 Å². The third-order valence-electron chi connectivity index (χ3n) is 5.98. The van der Waals surface area contributed by atoms with Crippen molar-refractivity contribution in [2.24, 2.45) is 0 Å². The van der Waals surface area contributed by atoms with Gasteiger partial charge < -0.3 is 23.8 Å². The fraction of sp³-hybridized carbons (Fsp3) is 0.333. The predicted molar refractivity (Wildman–Crippen MR) is 139 cm³/mol. The average Bonchev–Trinajstić information content (AvgIpc) is 3.04. The zero-order valence-corrected chi connectivity index (χ0v) is 21.8. The van der Waals surface area contributed by atoms with Crippen LogP contribution in [0.1, 0.15) is 29.7 Å². The van der Waals surface area contributed by atoms with E-state index in [9.17, 15) is 4.39 Å². The summed E-state index contributed by atoms with van der Waals surface area (Å²) < 4.78 is 37.1. The molecule has 0 saturated carbocycles. The van der Waals surface area contributed by atoms with Crippen molar-refractivity contribution in [2.45, 2.75) is 30.0 Å². The van der Waals surface area contributed by atoms with Gasteiger partial charge in [-0.1, -0.05) is 17.7 Å². The summed E-state index contributed by atoms with van der Waals surface area (Å²) in [5.74, 6) is 2.29. The van der Waals surface area contributed by atoms with Gasteiger partial charge in [0.1, 0.15) is 11.6 Å². The van der Waals surface area contributed by atoms with Crippen molar-refractivity contribution in [2.75, 3.05) is 39.4 Å². The van der Waals surface area contributed by atoms with Gasteiger partial charge in [-0.2, -0.15) is 0 Å². The minimum Gasteiger partial charge on any atom is -0.494 e. The Kier molecular flexibility index (Phi) is 8.19. The maximum Gasteiger partial charge on any atom is 0.203 e. The highest BCUT2D eigenvalue weighted by Gasteiger charge is 2.27. The number of thioether (sulfide) groups is 1. The van der Waals surface area contributed by atoms with Crippen LogP contribution in [0.15, 0.2) is 53.4 Å². The van der Waals surface area contributed by atoms with Crippen LogP contribution in [0.4, 0.5) is 10.1 Å². The van der Waals surface area contributed by atoms with E-state index in [1.54, 1.807) is 45.2 Å². The van der Waals surface area contributed by atoms with Crippen LogP contribution >= 0.6 is 23.4 Å². The largest absolute Gasteiger partial charge is 0.494 e. The lowest BCUT2D eigenvalue weighted by Crippen LogP contribution is -2.24. The molecule has 1 atom stereocenters. The molecule has 0 bridgehead atoms. The maximum atomic E-state index is 14.7. The number of nitrogens with zero attached hydrogens (tertiary/aromatic N) is 1. The number of hydrogen-bond acceptors (Lipinski definition) is 6. The predicted octanol–water partition coefficient (Wildman–Crippen LogP) is 7.15. The normalized spacial score (nSPS) is 15.3. The fourth-order valence-electron chi connectivity index (χ4n) is 4.27. The van der Waals surface area contributed by atoms with Crippen LogP contribution in [0.25, 0.3) is 0 Å². The SMILES string of the molecule is CCOc1ccc2c(c1)SC(c1cc(OC)c(OC)c(OC)c1)CCN2Cc1c(F)cccc1Cl. The van der Waals surface area contributed by atoms with E-state index in [0.29, 0.717) is 47.5 Å². The molecule has 0 amide bonds. The summed E-state index contributed by atoms with van der Waals surface area (Å²) in [6.07, 6.45) is 0.814. The molecule has 186 valence electrons. The van der Waals surface area contributed by atoms with E-state index >= 15 is 0 Å². The standard InChI is InChI=1S/C27H29ClFNO4S/c1-5-34-18-9-10-22-26(15-18)35-25(17-13-23(31-2)27(33-4)24(14-17)32-3)11-12-30(22)16-19-20(28)7-6-8-21(19)29/h6-10,13-15,25H,5,11-12,16H2,1-4H3. The van der Waals surface area contributed by atoms with Crippen molar-refractivity contribution in [1.29, 1.82) is 0 Å². The molecule has 4 rings (SSSR count). The number of anilines is 1. The molecule has 1 aliphatic rings. The highest BCUT2D eigenvalue weighted by atomic mass is 35.5. The lowest BCUT2D eigenvalue weighted by molar-refractivity contribution is 0.323. The van der Waals surface area contributed by atoms with E-state index in [1.165, 1.54) is 6.07 Å². The van der Waals surface area contributed by atoms with E-state index in [0.717, 1.165) is 28.3 Å². The zero-order chi connectivity index (χ0) is 24.9. The van der Waals surface area contributed by atoms with Crippen molar-refractivity contribution in [1.82, 2.24) is 0 Å². The Hall–Kier alpha value is -2.77. The molecule has 0 aliphatic carbocycles. The molecule has 0 radical (unpaired) electrons. The molecule has 0 aromatic heterocycles. The molecule has 1 unspecified atom stereocenters. The first-order valence-corrected chi connectivity index (χ1v) is 12.7. The second kappa shape index (κ2) is 11.3. The fourth-order valence-corrected chi connectivity index (χ4v) is 5.80. The molecular formula is C27H29ClFNO4S. The van der Waals surface area contributed by atoms with Crippen LogP contribution in [0.5, 0.6) is 23.0 Å². The summed E-state index contributed by atoms with van der Waals surface area (Å²) in [5, 5.41) is 0.524. The Balaban J connectivity index is 1.74. The van der Waals surface area contributed by atoms with E-state index in [4.69, 9.17) is 30.5 Å².